The summed E-state index contributed by atoms with van der Waals surface area (Å²) in [6, 6.07) is 5.94. The van der Waals surface area contributed by atoms with Crippen molar-refractivity contribution < 1.29 is 19.1 Å². The van der Waals surface area contributed by atoms with Gasteiger partial charge in [0.1, 0.15) is 6.61 Å². The van der Waals surface area contributed by atoms with Crippen LogP contribution in [0.25, 0.3) is 0 Å². The summed E-state index contributed by atoms with van der Waals surface area (Å²) in [5.74, 6) is 0.104. The lowest BCUT2D eigenvalue weighted by Gasteiger charge is -2.39. The molecule has 0 saturated heterocycles. The molecule has 0 aliphatic carbocycles. The fourth-order valence-corrected chi connectivity index (χ4v) is 5.14. The molecule has 0 radical (unpaired) electrons. The molecule has 0 saturated carbocycles. The average Bonchev–Trinajstić information content (AvgIpc) is 2.81. The Morgan fingerprint density at radius 1 is 1.24 bits per heavy atom. The second-order valence-electron chi connectivity index (χ2n) is 9.23. The van der Waals surface area contributed by atoms with Gasteiger partial charge in [-0.05, 0) is 55.1 Å². The number of hydrazone groups is 1. The van der Waals surface area contributed by atoms with Crippen molar-refractivity contribution in [2.75, 3.05) is 37.7 Å². The molecule has 2 aliphatic rings. The monoisotopic (exact) mass is 488 g/mol. The van der Waals surface area contributed by atoms with Gasteiger partial charge in [-0.1, -0.05) is 52.4 Å². The first-order valence-electron chi connectivity index (χ1n) is 12.1. The van der Waals surface area contributed by atoms with Crippen LogP contribution in [0.15, 0.2) is 23.3 Å². The number of thioether (sulfide) groups is 1. The van der Waals surface area contributed by atoms with Crippen LogP contribution < -0.4 is 4.90 Å². The first-order chi connectivity index (χ1) is 16.1. The summed E-state index contributed by atoms with van der Waals surface area (Å²) in [6.45, 7) is 15.4. The van der Waals surface area contributed by atoms with Crippen LogP contribution >= 0.6 is 11.8 Å². The number of carbonyl (C=O) groups is 3. The van der Waals surface area contributed by atoms with E-state index in [1.807, 2.05) is 44.7 Å². The number of likely N-dealkylation sites (N-methyl/N-ethyl adjacent to an activating group) is 1. The molecule has 3 amide bonds. The minimum atomic E-state index is -0.757. The lowest BCUT2D eigenvalue weighted by Crippen LogP contribution is -2.41. The van der Waals surface area contributed by atoms with Crippen molar-refractivity contribution in [2.24, 2.45) is 5.10 Å². The van der Waals surface area contributed by atoms with Crippen LogP contribution in [0.3, 0.4) is 0 Å². The van der Waals surface area contributed by atoms with Crippen LogP contribution in [-0.4, -0.2) is 70.9 Å². The maximum Gasteiger partial charge on any atom is 0.438 e. The third kappa shape index (κ3) is 5.46. The lowest BCUT2D eigenvalue weighted by atomic mass is 9.76. The van der Waals surface area contributed by atoms with Crippen molar-refractivity contribution in [1.82, 2.24) is 9.91 Å². The summed E-state index contributed by atoms with van der Waals surface area (Å²) in [7, 11) is 0. The van der Waals surface area contributed by atoms with Crippen molar-refractivity contribution in [1.29, 1.82) is 0 Å². The Bertz CT molecular complexity index is 974. The highest BCUT2D eigenvalue weighted by molar-refractivity contribution is 8.14. The van der Waals surface area contributed by atoms with E-state index in [2.05, 4.69) is 29.9 Å². The molecule has 1 atom stereocenters. The summed E-state index contributed by atoms with van der Waals surface area (Å²) >= 11 is 1.06. The molecule has 3 rings (SSSR count). The largest absolute Gasteiger partial charge is 0.446 e. The standard InChI is InChI=1S/C25H36N4O4S/c1-7-21(30)28-13-12-25(5,6)19-16-18(10-11-20(19)28)22-17(4)34-24(32)29(26-22)23(31)33-15-14-27(8-2)9-3/h10-11,16-17H,7-9,12-15H2,1-6H3. The molecule has 34 heavy (non-hydrogen) atoms. The Kier molecular flexibility index (Phi) is 8.41. The van der Waals surface area contributed by atoms with Crippen molar-refractivity contribution >= 4 is 40.4 Å². The van der Waals surface area contributed by atoms with E-state index in [0.29, 0.717) is 25.2 Å². The van der Waals surface area contributed by atoms with Gasteiger partial charge in [-0.25, -0.2) is 4.79 Å². The van der Waals surface area contributed by atoms with E-state index in [0.717, 1.165) is 53.1 Å². The Morgan fingerprint density at radius 2 is 1.94 bits per heavy atom. The molecular formula is C25H36N4O4S. The third-order valence-corrected chi connectivity index (χ3v) is 7.57. The molecular weight excluding hydrogens is 452 g/mol. The number of imide groups is 1. The summed E-state index contributed by atoms with van der Waals surface area (Å²) in [5.41, 5.74) is 3.37. The Balaban J connectivity index is 1.88. The van der Waals surface area contributed by atoms with E-state index in [9.17, 15) is 14.4 Å². The number of amides is 3. The lowest BCUT2D eigenvalue weighted by molar-refractivity contribution is -0.118. The van der Waals surface area contributed by atoms with Crippen molar-refractivity contribution in [3.63, 3.8) is 0 Å². The highest BCUT2D eigenvalue weighted by atomic mass is 32.2. The van der Waals surface area contributed by atoms with Gasteiger partial charge in [0.05, 0.1) is 11.0 Å². The Labute approximate surface area is 206 Å². The van der Waals surface area contributed by atoms with Crippen molar-refractivity contribution in [3.05, 3.63) is 29.3 Å². The van der Waals surface area contributed by atoms with E-state index in [-0.39, 0.29) is 23.2 Å². The zero-order valence-corrected chi connectivity index (χ0v) is 21.9. The number of carbonyl (C=O) groups excluding carboxylic acids is 3. The predicted molar refractivity (Wildman–Crippen MR) is 137 cm³/mol. The second-order valence-corrected chi connectivity index (χ2v) is 10.5. The highest BCUT2D eigenvalue weighted by Crippen LogP contribution is 2.41. The van der Waals surface area contributed by atoms with Crippen LogP contribution in [-0.2, 0) is 14.9 Å². The predicted octanol–water partition coefficient (Wildman–Crippen LogP) is 4.85. The van der Waals surface area contributed by atoms with E-state index < -0.39 is 11.3 Å². The minimum Gasteiger partial charge on any atom is -0.446 e. The van der Waals surface area contributed by atoms with Gasteiger partial charge in [-0.3, -0.25) is 9.59 Å². The SMILES string of the molecule is CCC(=O)N1CCC(C)(C)c2cc(C3=NN(C(=O)OCCN(CC)CC)C(=O)SC3C)ccc21. The molecule has 0 bridgehead atoms. The maximum absolute atomic E-state index is 12.6. The Hall–Kier alpha value is -2.39. The molecule has 0 fully saturated rings. The number of anilines is 1. The normalized spacial score (nSPS) is 19.7. The van der Waals surface area contributed by atoms with E-state index in [4.69, 9.17) is 4.74 Å². The number of nitrogens with zero attached hydrogens (tertiary/aromatic N) is 4. The fourth-order valence-electron chi connectivity index (χ4n) is 4.33. The molecule has 2 aliphatic heterocycles. The van der Waals surface area contributed by atoms with Gasteiger partial charge in [0.15, 0.2) is 0 Å². The molecule has 1 aromatic rings. The van der Waals surface area contributed by atoms with E-state index in [1.165, 1.54) is 0 Å². The first kappa shape index (κ1) is 26.2. The number of hydrogen-bond acceptors (Lipinski definition) is 7. The van der Waals surface area contributed by atoms with E-state index in [1.54, 1.807) is 0 Å². The van der Waals surface area contributed by atoms with Gasteiger partial charge in [0.25, 0.3) is 0 Å². The van der Waals surface area contributed by atoms with Gasteiger partial charge >= 0.3 is 11.3 Å². The van der Waals surface area contributed by atoms with Crippen LogP contribution in [0.2, 0.25) is 0 Å². The number of fused-ring (bicyclic) bond motifs is 1. The summed E-state index contributed by atoms with van der Waals surface area (Å²) in [4.78, 5) is 41.7. The molecule has 186 valence electrons. The van der Waals surface area contributed by atoms with Crippen LogP contribution in [0.4, 0.5) is 15.3 Å². The fraction of sp³-hybridized carbons (Fsp3) is 0.600. The first-order valence-corrected chi connectivity index (χ1v) is 12.9. The molecule has 1 aromatic carbocycles. The zero-order chi connectivity index (χ0) is 25.0. The third-order valence-electron chi connectivity index (χ3n) is 6.62. The smallest absolute Gasteiger partial charge is 0.438 e. The quantitative estimate of drug-likeness (QED) is 0.546. The average molecular weight is 489 g/mol. The molecule has 8 nitrogen and oxygen atoms in total. The Morgan fingerprint density at radius 3 is 2.59 bits per heavy atom. The summed E-state index contributed by atoms with van der Waals surface area (Å²) in [6.07, 6.45) is 0.553. The van der Waals surface area contributed by atoms with Crippen LogP contribution in [0, 0.1) is 0 Å². The second kappa shape index (κ2) is 10.9. The molecule has 0 aromatic heterocycles. The number of ether oxygens (including phenoxy) is 1. The number of benzene rings is 1. The van der Waals surface area contributed by atoms with Gasteiger partial charge < -0.3 is 14.5 Å². The zero-order valence-electron chi connectivity index (χ0n) is 21.1. The van der Waals surface area contributed by atoms with E-state index >= 15 is 0 Å². The van der Waals surface area contributed by atoms with Crippen LogP contribution in [0.5, 0.6) is 0 Å². The molecule has 9 heteroatoms. The maximum atomic E-state index is 12.6. The van der Waals surface area contributed by atoms with Crippen LogP contribution in [0.1, 0.15) is 65.5 Å². The number of rotatable bonds is 7. The topological polar surface area (TPSA) is 82.5 Å². The van der Waals surface area contributed by atoms with Crippen molar-refractivity contribution in [3.8, 4) is 0 Å². The molecule has 2 heterocycles. The summed E-state index contributed by atoms with van der Waals surface area (Å²) in [5, 5.41) is 4.60. The van der Waals surface area contributed by atoms with Crippen molar-refractivity contribution in [2.45, 2.75) is 65.0 Å². The number of hydrogen-bond donors (Lipinski definition) is 0. The van der Waals surface area contributed by atoms with Gasteiger partial charge in [-0.15, -0.1) is 5.01 Å². The minimum absolute atomic E-state index is 0.104. The van der Waals surface area contributed by atoms with Gasteiger partial charge in [0.2, 0.25) is 5.91 Å². The van der Waals surface area contributed by atoms with Gasteiger partial charge in [0, 0.05) is 25.2 Å². The highest BCUT2D eigenvalue weighted by Gasteiger charge is 2.36. The summed E-state index contributed by atoms with van der Waals surface area (Å²) < 4.78 is 5.34. The molecule has 0 N–H and O–H groups in total. The molecule has 0 spiro atoms. The van der Waals surface area contributed by atoms with Gasteiger partial charge in [-0.2, -0.15) is 5.10 Å². The molecule has 1 unspecified atom stereocenters.